The normalized spacial score (nSPS) is 10.4. The van der Waals surface area contributed by atoms with E-state index in [0.717, 1.165) is 11.1 Å². The predicted octanol–water partition coefficient (Wildman–Crippen LogP) is 6.18. The molecule has 0 saturated carbocycles. The van der Waals surface area contributed by atoms with Crippen LogP contribution in [0, 0.1) is 6.92 Å². The highest BCUT2D eigenvalue weighted by Crippen LogP contribution is 2.36. The minimum atomic E-state index is -0.507. The van der Waals surface area contributed by atoms with Crippen LogP contribution in [0.2, 0.25) is 0 Å². The number of aryl methyl sites for hydroxylation is 1. The van der Waals surface area contributed by atoms with E-state index >= 15 is 0 Å². The van der Waals surface area contributed by atoms with Crippen LogP contribution in [0.4, 0.5) is 10.7 Å². The second-order valence-electron chi connectivity index (χ2n) is 8.46. The molecular weight excluding hydrogens is 516 g/mol. The molecular formula is C30H28N2O6S. The van der Waals surface area contributed by atoms with E-state index in [4.69, 9.17) is 14.2 Å². The summed E-state index contributed by atoms with van der Waals surface area (Å²) in [4.78, 5) is 38.0. The molecule has 1 aromatic heterocycles. The smallest absolute Gasteiger partial charge is 0.341 e. The highest BCUT2D eigenvalue weighted by Gasteiger charge is 2.23. The zero-order valence-electron chi connectivity index (χ0n) is 21.8. The Balaban J connectivity index is 1.39. The molecule has 9 heteroatoms. The largest absolute Gasteiger partial charge is 0.495 e. The van der Waals surface area contributed by atoms with Crippen LogP contribution in [0.5, 0.6) is 11.5 Å². The van der Waals surface area contributed by atoms with Crippen molar-refractivity contribution in [2.75, 3.05) is 31.0 Å². The van der Waals surface area contributed by atoms with Crippen molar-refractivity contribution in [1.82, 2.24) is 0 Å². The van der Waals surface area contributed by atoms with Gasteiger partial charge in [-0.1, -0.05) is 42.0 Å². The highest BCUT2D eigenvalue weighted by atomic mass is 32.1. The number of thiophene rings is 1. The molecule has 0 fully saturated rings. The summed E-state index contributed by atoms with van der Waals surface area (Å²) in [5.74, 6) is -0.281. The van der Waals surface area contributed by atoms with E-state index in [-0.39, 0.29) is 19.1 Å². The summed E-state index contributed by atoms with van der Waals surface area (Å²) in [7, 11) is 1.53. The third-order valence-electron chi connectivity index (χ3n) is 5.73. The van der Waals surface area contributed by atoms with Crippen LogP contribution >= 0.6 is 11.3 Å². The van der Waals surface area contributed by atoms with Crippen LogP contribution in [0.1, 0.15) is 33.2 Å². The third kappa shape index (κ3) is 6.82. The summed E-state index contributed by atoms with van der Waals surface area (Å²) in [5.41, 5.74) is 3.93. The standard InChI is InChI=1S/C30H28N2O6S/c1-4-37-30(35)27-23(20-11-9-19(2)10-12-20)18-39-29(27)32-26(33)17-38-22-15-13-21(14-16-22)28(34)31-24-7-5-6-8-25(24)36-3/h5-16,18H,4,17H2,1-3H3,(H,31,34)(H,32,33). The number of anilines is 2. The quantitative estimate of drug-likeness (QED) is 0.231. The van der Waals surface area contributed by atoms with Crippen LogP contribution in [0.3, 0.4) is 0 Å². The summed E-state index contributed by atoms with van der Waals surface area (Å²) >= 11 is 1.25. The zero-order chi connectivity index (χ0) is 27.8. The van der Waals surface area contributed by atoms with Gasteiger partial charge in [-0.2, -0.15) is 0 Å². The van der Waals surface area contributed by atoms with Gasteiger partial charge in [0.2, 0.25) is 0 Å². The van der Waals surface area contributed by atoms with Crippen molar-refractivity contribution in [3.63, 3.8) is 0 Å². The summed E-state index contributed by atoms with van der Waals surface area (Å²) in [5, 5.41) is 7.79. The number of hydrogen-bond donors (Lipinski definition) is 2. The Labute approximate surface area is 230 Å². The first-order valence-electron chi connectivity index (χ1n) is 12.2. The second-order valence-corrected chi connectivity index (χ2v) is 9.34. The van der Waals surface area contributed by atoms with E-state index in [9.17, 15) is 14.4 Å². The molecule has 1 heterocycles. The average molecular weight is 545 g/mol. The van der Waals surface area contributed by atoms with Gasteiger partial charge in [-0.05, 0) is 55.8 Å². The first-order chi connectivity index (χ1) is 18.9. The maximum atomic E-state index is 12.7. The minimum absolute atomic E-state index is 0.214. The molecule has 2 amide bonds. The Kier molecular flexibility index (Phi) is 8.96. The van der Waals surface area contributed by atoms with Crippen molar-refractivity contribution < 1.29 is 28.6 Å². The molecule has 3 aromatic carbocycles. The van der Waals surface area contributed by atoms with Gasteiger partial charge in [-0.3, -0.25) is 9.59 Å². The number of esters is 1. The van der Waals surface area contributed by atoms with Crippen LogP contribution < -0.4 is 20.1 Å². The number of nitrogens with one attached hydrogen (secondary N) is 2. The Morgan fingerprint density at radius 2 is 1.62 bits per heavy atom. The van der Waals surface area contributed by atoms with Crippen molar-refractivity contribution >= 4 is 39.8 Å². The van der Waals surface area contributed by atoms with Gasteiger partial charge in [0.15, 0.2) is 6.61 Å². The molecule has 4 rings (SSSR count). The fourth-order valence-electron chi connectivity index (χ4n) is 3.76. The number of para-hydroxylation sites is 2. The molecule has 0 aliphatic carbocycles. The molecule has 0 saturated heterocycles. The van der Waals surface area contributed by atoms with E-state index < -0.39 is 11.9 Å². The van der Waals surface area contributed by atoms with Gasteiger partial charge >= 0.3 is 5.97 Å². The number of carbonyl (C=O) groups excluding carboxylic acids is 3. The minimum Gasteiger partial charge on any atom is -0.495 e. The Hall–Kier alpha value is -4.63. The number of benzene rings is 3. The maximum Gasteiger partial charge on any atom is 0.341 e. The van der Waals surface area contributed by atoms with Crippen LogP contribution in [0.25, 0.3) is 11.1 Å². The Morgan fingerprint density at radius 3 is 2.31 bits per heavy atom. The lowest BCUT2D eigenvalue weighted by molar-refractivity contribution is -0.118. The molecule has 0 spiro atoms. The number of rotatable bonds is 10. The van der Waals surface area contributed by atoms with Crippen LogP contribution in [0.15, 0.2) is 78.2 Å². The van der Waals surface area contributed by atoms with Crippen molar-refractivity contribution in [1.29, 1.82) is 0 Å². The van der Waals surface area contributed by atoms with Crippen molar-refractivity contribution in [3.05, 3.63) is 94.9 Å². The van der Waals surface area contributed by atoms with E-state index in [1.807, 2.05) is 42.6 Å². The molecule has 0 unspecified atom stereocenters. The van der Waals surface area contributed by atoms with Gasteiger partial charge in [0.05, 0.1) is 19.4 Å². The zero-order valence-corrected chi connectivity index (χ0v) is 22.6. The third-order valence-corrected chi connectivity index (χ3v) is 6.62. The summed E-state index contributed by atoms with van der Waals surface area (Å²) < 4.78 is 16.1. The average Bonchev–Trinajstić information content (AvgIpc) is 3.36. The lowest BCUT2D eigenvalue weighted by atomic mass is 10.0. The highest BCUT2D eigenvalue weighted by molar-refractivity contribution is 7.15. The van der Waals surface area contributed by atoms with Gasteiger partial charge in [0.25, 0.3) is 11.8 Å². The van der Waals surface area contributed by atoms with Gasteiger partial charge in [0, 0.05) is 16.5 Å². The number of hydrogen-bond acceptors (Lipinski definition) is 7. The van der Waals surface area contributed by atoms with Gasteiger partial charge in [-0.25, -0.2) is 4.79 Å². The fourth-order valence-corrected chi connectivity index (χ4v) is 4.73. The molecule has 8 nitrogen and oxygen atoms in total. The van der Waals surface area contributed by atoms with E-state index in [0.29, 0.717) is 38.9 Å². The van der Waals surface area contributed by atoms with E-state index in [1.165, 1.54) is 18.4 Å². The predicted molar refractivity (Wildman–Crippen MR) is 152 cm³/mol. The summed E-state index contributed by atoms with van der Waals surface area (Å²) in [6.45, 7) is 3.65. The molecule has 2 N–H and O–H groups in total. The van der Waals surface area contributed by atoms with Gasteiger partial charge in [0.1, 0.15) is 22.1 Å². The van der Waals surface area contributed by atoms with E-state index in [2.05, 4.69) is 10.6 Å². The molecule has 0 atom stereocenters. The van der Waals surface area contributed by atoms with Crippen LogP contribution in [-0.4, -0.2) is 38.1 Å². The monoisotopic (exact) mass is 544 g/mol. The number of amides is 2. The molecule has 39 heavy (non-hydrogen) atoms. The Morgan fingerprint density at radius 1 is 0.897 bits per heavy atom. The van der Waals surface area contributed by atoms with Gasteiger partial charge < -0.3 is 24.8 Å². The molecule has 0 aliphatic heterocycles. The SMILES string of the molecule is CCOC(=O)c1c(-c2ccc(C)cc2)csc1NC(=O)COc1ccc(C(=O)Nc2ccccc2OC)cc1. The summed E-state index contributed by atoms with van der Waals surface area (Å²) in [6, 6.07) is 21.3. The fraction of sp³-hybridized carbons (Fsp3) is 0.167. The van der Waals surface area contributed by atoms with Crippen molar-refractivity contribution in [2.45, 2.75) is 13.8 Å². The van der Waals surface area contributed by atoms with Crippen LogP contribution in [-0.2, 0) is 9.53 Å². The molecule has 0 radical (unpaired) electrons. The molecule has 0 bridgehead atoms. The first-order valence-corrected chi connectivity index (χ1v) is 13.1. The second kappa shape index (κ2) is 12.7. The Bertz CT molecular complexity index is 1460. The van der Waals surface area contributed by atoms with Crippen molar-refractivity contribution in [3.8, 4) is 22.6 Å². The van der Waals surface area contributed by atoms with Crippen molar-refractivity contribution in [2.24, 2.45) is 0 Å². The molecule has 4 aromatic rings. The molecule has 200 valence electrons. The van der Waals surface area contributed by atoms with E-state index in [1.54, 1.807) is 49.4 Å². The number of carbonyl (C=O) groups is 3. The molecule has 0 aliphatic rings. The number of ether oxygens (including phenoxy) is 3. The topological polar surface area (TPSA) is 103 Å². The first kappa shape index (κ1) is 27.4. The number of methoxy groups -OCH3 is 1. The maximum absolute atomic E-state index is 12.7. The van der Waals surface area contributed by atoms with Gasteiger partial charge in [-0.15, -0.1) is 11.3 Å². The summed E-state index contributed by atoms with van der Waals surface area (Å²) in [6.07, 6.45) is 0. The lowest BCUT2D eigenvalue weighted by Gasteiger charge is -2.11. The lowest BCUT2D eigenvalue weighted by Crippen LogP contribution is -2.21.